The smallest absolute Gasteiger partial charge is 0.338 e. The van der Waals surface area contributed by atoms with E-state index in [0.717, 1.165) is 11.1 Å². The fourth-order valence-electron chi connectivity index (χ4n) is 1.58. The van der Waals surface area contributed by atoms with Crippen LogP contribution in [0.1, 0.15) is 28.4 Å². The first-order chi connectivity index (χ1) is 8.16. The second kappa shape index (κ2) is 5.19. The van der Waals surface area contributed by atoms with Gasteiger partial charge in [0.05, 0.1) is 5.56 Å². The number of hydrogen-bond donors (Lipinski definition) is 0. The van der Waals surface area contributed by atoms with Gasteiger partial charge in [0, 0.05) is 18.2 Å². The molecule has 0 radical (unpaired) electrons. The van der Waals surface area contributed by atoms with Crippen molar-refractivity contribution in [3.8, 4) is 0 Å². The SMILES string of the molecule is CC(=O)SCC=Cc1ccc2c(c1)C(=O)OC2. The average Bonchev–Trinajstić information content (AvgIpc) is 2.66. The first-order valence-corrected chi connectivity index (χ1v) is 6.25. The number of esters is 1. The molecule has 4 heteroatoms. The molecule has 0 amide bonds. The van der Waals surface area contributed by atoms with Crippen molar-refractivity contribution in [1.29, 1.82) is 0 Å². The molecule has 88 valence electrons. The number of carbonyl (C=O) groups is 2. The predicted octanol–water partition coefficient (Wildman–Crippen LogP) is 2.65. The lowest BCUT2D eigenvalue weighted by atomic mass is 10.1. The topological polar surface area (TPSA) is 43.4 Å². The van der Waals surface area contributed by atoms with Gasteiger partial charge in [0.2, 0.25) is 0 Å². The molecule has 0 spiro atoms. The minimum absolute atomic E-state index is 0.104. The summed E-state index contributed by atoms with van der Waals surface area (Å²) >= 11 is 1.26. The van der Waals surface area contributed by atoms with E-state index in [-0.39, 0.29) is 11.1 Å². The zero-order chi connectivity index (χ0) is 12.3. The van der Waals surface area contributed by atoms with Crippen LogP contribution in [0.3, 0.4) is 0 Å². The molecule has 1 aliphatic heterocycles. The van der Waals surface area contributed by atoms with E-state index in [1.165, 1.54) is 11.8 Å². The molecule has 0 saturated heterocycles. The lowest BCUT2D eigenvalue weighted by Crippen LogP contribution is -1.93. The Balaban J connectivity index is 2.05. The van der Waals surface area contributed by atoms with Crippen molar-refractivity contribution < 1.29 is 14.3 Å². The zero-order valence-electron chi connectivity index (χ0n) is 9.43. The molecule has 17 heavy (non-hydrogen) atoms. The summed E-state index contributed by atoms with van der Waals surface area (Å²) in [5.41, 5.74) is 2.53. The van der Waals surface area contributed by atoms with Gasteiger partial charge >= 0.3 is 5.97 Å². The molecule has 3 nitrogen and oxygen atoms in total. The Morgan fingerprint density at radius 2 is 2.35 bits per heavy atom. The van der Waals surface area contributed by atoms with E-state index >= 15 is 0 Å². The number of rotatable bonds is 3. The Bertz CT molecular complexity index is 491. The van der Waals surface area contributed by atoms with Crippen molar-refractivity contribution >= 4 is 28.9 Å². The van der Waals surface area contributed by atoms with E-state index < -0.39 is 0 Å². The summed E-state index contributed by atoms with van der Waals surface area (Å²) in [7, 11) is 0. The molecule has 0 fully saturated rings. The van der Waals surface area contributed by atoms with E-state index in [9.17, 15) is 9.59 Å². The van der Waals surface area contributed by atoms with Crippen molar-refractivity contribution in [3.63, 3.8) is 0 Å². The van der Waals surface area contributed by atoms with E-state index in [1.54, 1.807) is 6.92 Å². The van der Waals surface area contributed by atoms with Crippen molar-refractivity contribution in [2.75, 3.05) is 5.75 Å². The van der Waals surface area contributed by atoms with Crippen LogP contribution in [0.5, 0.6) is 0 Å². The second-order valence-corrected chi connectivity index (χ2v) is 4.89. The maximum atomic E-state index is 11.3. The van der Waals surface area contributed by atoms with Crippen LogP contribution >= 0.6 is 11.8 Å². The lowest BCUT2D eigenvalue weighted by Gasteiger charge is -1.96. The van der Waals surface area contributed by atoms with Crippen LogP contribution in [-0.2, 0) is 16.1 Å². The highest BCUT2D eigenvalue weighted by Gasteiger charge is 2.20. The summed E-state index contributed by atoms with van der Waals surface area (Å²) in [6.45, 7) is 1.92. The van der Waals surface area contributed by atoms with Crippen molar-refractivity contribution in [2.24, 2.45) is 0 Å². The third kappa shape index (κ3) is 2.97. The lowest BCUT2D eigenvalue weighted by molar-refractivity contribution is -0.109. The van der Waals surface area contributed by atoms with Crippen LogP contribution in [-0.4, -0.2) is 16.8 Å². The fourth-order valence-corrected chi connectivity index (χ4v) is 2.01. The Labute approximate surface area is 104 Å². The van der Waals surface area contributed by atoms with Crippen LogP contribution in [0, 0.1) is 0 Å². The molecule has 1 aliphatic rings. The molecule has 0 aromatic heterocycles. The van der Waals surface area contributed by atoms with Gasteiger partial charge in [-0.05, 0) is 11.6 Å². The summed E-state index contributed by atoms with van der Waals surface area (Å²) < 4.78 is 4.92. The first kappa shape index (κ1) is 11.9. The van der Waals surface area contributed by atoms with Crippen LogP contribution in [0.25, 0.3) is 6.08 Å². The minimum Gasteiger partial charge on any atom is -0.457 e. The third-order valence-corrected chi connectivity index (χ3v) is 3.17. The number of carbonyl (C=O) groups excluding carboxylic acids is 2. The Morgan fingerprint density at radius 1 is 1.53 bits per heavy atom. The predicted molar refractivity (Wildman–Crippen MR) is 67.7 cm³/mol. The van der Waals surface area contributed by atoms with Gasteiger partial charge < -0.3 is 4.74 Å². The van der Waals surface area contributed by atoms with E-state index in [2.05, 4.69) is 0 Å². The van der Waals surface area contributed by atoms with Gasteiger partial charge in [0.15, 0.2) is 5.12 Å². The van der Waals surface area contributed by atoms with Crippen molar-refractivity contribution in [1.82, 2.24) is 0 Å². The van der Waals surface area contributed by atoms with E-state index in [4.69, 9.17) is 4.74 Å². The summed E-state index contributed by atoms with van der Waals surface area (Å²) in [6.07, 6.45) is 3.82. The molecule has 2 rings (SSSR count). The van der Waals surface area contributed by atoms with Gasteiger partial charge in [0.25, 0.3) is 0 Å². The van der Waals surface area contributed by atoms with Gasteiger partial charge in [0.1, 0.15) is 6.61 Å². The number of thioether (sulfide) groups is 1. The normalized spacial score (nSPS) is 13.8. The van der Waals surface area contributed by atoms with Crippen LogP contribution in [0.2, 0.25) is 0 Å². The molecular formula is C13H12O3S. The standard InChI is InChI=1S/C13H12O3S/c1-9(14)17-6-2-3-10-4-5-11-8-16-13(15)12(11)7-10/h2-5,7H,6,8H2,1H3. The first-order valence-electron chi connectivity index (χ1n) is 5.27. The molecule has 0 unspecified atom stereocenters. The largest absolute Gasteiger partial charge is 0.457 e. The number of cyclic esters (lactones) is 1. The van der Waals surface area contributed by atoms with Crippen molar-refractivity contribution in [3.05, 3.63) is 41.0 Å². The summed E-state index contributed by atoms with van der Waals surface area (Å²) in [5, 5.41) is 0.104. The van der Waals surface area contributed by atoms with Crippen LogP contribution in [0.4, 0.5) is 0 Å². The Kier molecular flexibility index (Phi) is 3.64. The fraction of sp³-hybridized carbons (Fsp3) is 0.231. The third-order valence-electron chi connectivity index (χ3n) is 2.41. The summed E-state index contributed by atoms with van der Waals surface area (Å²) in [6, 6.07) is 5.66. The van der Waals surface area contributed by atoms with Gasteiger partial charge in [-0.3, -0.25) is 4.79 Å². The number of ether oxygens (including phenoxy) is 1. The summed E-state index contributed by atoms with van der Waals surface area (Å²) in [4.78, 5) is 22.1. The van der Waals surface area contributed by atoms with Gasteiger partial charge in [-0.2, -0.15) is 0 Å². The maximum absolute atomic E-state index is 11.3. The zero-order valence-corrected chi connectivity index (χ0v) is 10.3. The van der Waals surface area contributed by atoms with Crippen molar-refractivity contribution in [2.45, 2.75) is 13.5 Å². The van der Waals surface area contributed by atoms with E-state index in [0.29, 0.717) is 17.9 Å². The number of hydrogen-bond acceptors (Lipinski definition) is 4. The Hall–Kier alpha value is -1.55. The molecule has 0 saturated carbocycles. The average molecular weight is 248 g/mol. The molecule has 0 aliphatic carbocycles. The maximum Gasteiger partial charge on any atom is 0.338 e. The van der Waals surface area contributed by atoms with Gasteiger partial charge in [-0.1, -0.05) is 36.0 Å². The quantitative estimate of drug-likeness (QED) is 0.771. The molecule has 0 bridgehead atoms. The van der Waals surface area contributed by atoms with E-state index in [1.807, 2.05) is 30.4 Å². The molecule has 0 N–H and O–H groups in total. The molecule has 1 heterocycles. The Morgan fingerprint density at radius 3 is 3.12 bits per heavy atom. The summed E-state index contributed by atoms with van der Waals surface area (Å²) in [5.74, 6) is 0.394. The molecule has 1 aromatic carbocycles. The molecular weight excluding hydrogens is 236 g/mol. The monoisotopic (exact) mass is 248 g/mol. The highest BCUT2D eigenvalue weighted by atomic mass is 32.2. The molecule has 0 atom stereocenters. The second-order valence-electron chi connectivity index (χ2n) is 3.70. The highest BCUT2D eigenvalue weighted by molar-refractivity contribution is 8.13. The van der Waals surface area contributed by atoms with Gasteiger partial charge in [-0.25, -0.2) is 4.79 Å². The van der Waals surface area contributed by atoms with Gasteiger partial charge in [-0.15, -0.1) is 0 Å². The molecule has 1 aromatic rings. The van der Waals surface area contributed by atoms with Crippen LogP contribution in [0.15, 0.2) is 24.3 Å². The number of fused-ring (bicyclic) bond motifs is 1. The number of benzene rings is 1. The highest BCUT2D eigenvalue weighted by Crippen LogP contribution is 2.21. The minimum atomic E-state index is -0.256. The van der Waals surface area contributed by atoms with Crippen LogP contribution < -0.4 is 0 Å².